The van der Waals surface area contributed by atoms with Gasteiger partial charge in [0.25, 0.3) is 0 Å². The van der Waals surface area contributed by atoms with Gasteiger partial charge in [-0.2, -0.15) is 0 Å². The first kappa shape index (κ1) is 15.1. The van der Waals surface area contributed by atoms with Crippen molar-refractivity contribution in [2.75, 3.05) is 12.8 Å². The van der Waals surface area contributed by atoms with E-state index in [9.17, 15) is 4.79 Å². The van der Waals surface area contributed by atoms with Crippen LogP contribution in [-0.2, 0) is 11.2 Å². The summed E-state index contributed by atoms with van der Waals surface area (Å²) in [5.41, 5.74) is 9.87. The third kappa shape index (κ3) is 2.60. The Morgan fingerprint density at radius 1 is 1.45 bits per heavy atom. The highest BCUT2D eigenvalue weighted by atomic mass is 79.9. The Kier molecular flexibility index (Phi) is 4.50. The fourth-order valence-electron chi connectivity index (χ4n) is 2.10. The van der Waals surface area contributed by atoms with Gasteiger partial charge in [-0.1, -0.05) is 34.5 Å². The number of hydrogen-bond acceptors (Lipinski definition) is 4. The zero-order chi connectivity index (χ0) is 14.9. The number of halogens is 1. The summed E-state index contributed by atoms with van der Waals surface area (Å²) in [6, 6.07) is 6.14. The molecule has 0 amide bonds. The molecule has 20 heavy (non-hydrogen) atoms. The van der Waals surface area contributed by atoms with Crippen LogP contribution in [0, 0.1) is 6.92 Å². The predicted octanol–water partition coefficient (Wildman–Crippen LogP) is 4.42. The first-order valence-corrected chi connectivity index (χ1v) is 7.86. The molecule has 0 saturated carbocycles. The highest BCUT2D eigenvalue weighted by molar-refractivity contribution is 9.10. The van der Waals surface area contributed by atoms with Crippen molar-refractivity contribution in [2.45, 2.75) is 20.3 Å². The maximum Gasteiger partial charge on any atom is 0.350 e. The number of thiophene rings is 1. The van der Waals surface area contributed by atoms with Gasteiger partial charge in [0.2, 0.25) is 0 Å². The van der Waals surface area contributed by atoms with E-state index >= 15 is 0 Å². The second-order valence-electron chi connectivity index (χ2n) is 4.48. The number of nitrogen functional groups attached to an aromatic ring is 1. The molecule has 3 nitrogen and oxygen atoms in total. The average molecular weight is 354 g/mol. The number of carbonyl (C=O) groups is 1. The number of nitrogens with two attached hydrogens (primary N) is 1. The summed E-state index contributed by atoms with van der Waals surface area (Å²) in [5.74, 6) is -0.378. The van der Waals surface area contributed by atoms with Crippen molar-refractivity contribution in [1.29, 1.82) is 0 Å². The van der Waals surface area contributed by atoms with Crippen LogP contribution >= 0.6 is 27.3 Å². The lowest BCUT2D eigenvalue weighted by molar-refractivity contribution is 0.0607. The fraction of sp³-hybridized carbons (Fsp3) is 0.267. The number of methoxy groups -OCH3 is 1. The van der Waals surface area contributed by atoms with E-state index < -0.39 is 0 Å². The number of anilines is 1. The summed E-state index contributed by atoms with van der Waals surface area (Å²) in [5, 5.41) is 0. The highest BCUT2D eigenvalue weighted by Crippen LogP contribution is 2.42. The van der Waals surface area contributed by atoms with Crippen LogP contribution < -0.4 is 5.73 Å². The molecule has 1 aromatic heterocycles. The summed E-state index contributed by atoms with van der Waals surface area (Å²) in [4.78, 5) is 13.3. The van der Waals surface area contributed by atoms with Crippen molar-refractivity contribution in [2.24, 2.45) is 0 Å². The van der Waals surface area contributed by atoms with Crippen molar-refractivity contribution in [1.82, 2.24) is 0 Å². The van der Waals surface area contributed by atoms with Crippen LogP contribution in [0.1, 0.15) is 27.7 Å². The van der Waals surface area contributed by atoms with Crippen LogP contribution in [0.5, 0.6) is 0 Å². The molecule has 106 valence electrons. The molecule has 0 saturated heterocycles. The molecule has 0 radical (unpaired) electrons. The van der Waals surface area contributed by atoms with Gasteiger partial charge >= 0.3 is 5.97 Å². The lowest BCUT2D eigenvalue weighted by atomic mass is 10.0. The molecule has 0 aliphatic rings. The lowest BCUT2D eigenvalue weighted by Crippen LogP contribution is -2.02. The van der Waals surface area contributed by atoms with Crippen molar-refractivity contribution in [3.8, 4) is 10.4 Å². The number of ether oxygens (including phenoxy) is 1. The predicted molar refractivity (Wildman–Crippen MR) is 87.3 cm³/mol. The van der Waals surface area contributed by atoms with Gasteiger partial charge < -0.3 is 10.5 Å². The first-order chi connectivity index (χ1) is 9.49. The van der Waals surface area contributed by atoms with Gasteiger partial charge in [0.05, 0.1) is 12.8 Å². The maximum atomic E-state index is 11.8. The largest absolute Gasteiger partial charge is 0.465 e. The van der Waals surface area contributed by atoms with E-state index in [0.29, 0.717) is 10.6 Å². The number of hydrogen-bond donors (Lipinski definition) is 1. The summed E-state index contributed by atoms with van der Waals surface area (Å²) >= 11 is 4.96. The molecule has 0 spiro atoms. The van der Waals surface area contributed by atoms with Crippen LogP contribution in [0.25, 0.3) is 10.4 Å². The fourth-order valence-corrected chi connectivity index (χ4v) is 3.94. The molecule has 0 unspecified atom stereocenters. The van der Waals surface area contributed by atoms with Crippen LogP contribution in [0.3, 0.4) is 0 Å². The van der Waals surface area contributed by atoms with Crippen molar-refractivity contribution in [3.05, 3.63) is 38.7 Å². The Labute approximate surface area is 130 Å². The van der Waals surface area contributed by atoms with E-state index in [2.05, 4.69) is 22.0 Å². The molecule has 2 rings (SSSR count). The topological polar surface area (TPSA) is 52.3 Å². The Morgan fingerprint density at radius 3 is 2.75 bits per heavy atom. The summed E-state index contributed by atoms with van der Waals surface area (Å²) in [6.45, 7) is 4.08. The van der Waals surface area contributed by atoms with E-state index in [4.69, 9.17) is 10.5 Å². The zero-order valence-corrected chi connectivity index (χ0v) is 14.0. The molecule has 0 bridgehead atoms. The third-order valence-electron chi connectivity index (χ3n) is 3.14. The molecular formula is C15H16BrNO2S. The van der Waals surface area contributed by atoms with Gasteiger partial charge in [-0.3, -0.25) is 0 Å². The Bertz CT molecular complexity index is 664. The van der Waals surface area contributed by atoms with Crippen LogP contribution in [0.2, 0.25) is 0 Å². The van der Waals surface area contributed by atoms with Crippen molar-refractivity contribution >= 4 is 38.9 Å². The van der Waals surface area contributed by atoms with Gasteiger partial charge in [-0.15, -0.1) is 11.3 Å². The Balaban J connectivity index is 2.68. The number of aryl methyl sites for hydroxylation is 1. The molecule has 0 aliphatic heterocycles. The maximum absolute atomic E-state index is 11.8. The van der Waals surface area contributed by atoms with E-state index in [1.54, 1.807) is 0 Å². The van der Waals surface area contributed by atoms with E-state index in [1.165, 1.54) is 18.4 Å². The van der Waals surface area contributed by atoms with Gasteiger partial charge in [0.15, 0.2) is 0 Å². The smallest absolute Gasteiger partial charge is 0.350 e. The summed E-state index contributed by atoms with van der Waals surface area (Å²) < 4.78 is 5.80. The normalized spacial score (nSPS) is 10.6. The summed E-state index contributed by atoms with van der Waals surface area (Å²) in [6.07, 6.45) is 0.773. The minimum atomic E-state index is -0.378. The Morgan fingerprint density at radius 2 is 2.15 bits per heavy atom. The van der Waals surface area contributed by atoms with Gasteiger partial charge in [0, 0.05) is 14.9 Å². The third-order valence-corrected chi connectivity index (χ3v) is 5.09. The van der Waals surface area contributed by atoms with Crippen LogP contribution in [0.15, 0.2) is 22.7 Å². The molecular weight excluding hydrogens is 338 g/mol. The molecule has 1 heterocycles. The average Bonchev–Trinajstić information content (AvgIpc) is 2.77. The SMILES string of the molecule is CCc1c(-c2cc(C)ccc2Br)sc(C(=O)OC)c1N. The molecule has 0 fully saturated rings. The Hall–Kier alpha value is -1.33. The molecule has 2 aromatic rings. The minimum absolute atomic E-state index is 0.378. The standard InChI is InChI=1S/C15H16BrNO2S/c1-4-9-12(17)14(15(18)19-3)20-13(9)10-7-8(2)5-6-11(10)16/h5-7H,4,17H2,1-3H3. The van der Waals surface area contributed by atoms with Crippen molar-refractivity contribution < 1.29 is 9.53 Å². The first-order valence-electron chi connectivity index (χ1n) is 6.25. The molecule has 2 N–H and O–H groups in total. The number of rotatable bonds is 3. The van der Waals surface area contributed by atoms with E-state index in [-0.39, 0.29) is 5.97 Å². The van der Waals surface area contributed by atoms with Crippen molar-refractivity contribution in [3.63, 3.8) is 0 Å². The zero-order valence-electron chi connectivity index (χ0n) is 11.6. The molecule has 0 atom stereocenters. The van der Waals surface area contributed by atoms with Gasteiger partial charge in [0.1, 0.15) is 4.88 Å². The number of benzene rings is 1. The van der Waals surface area contributed by atoms with Crippen LogP contribution in [0.4, 0.5) is 5.69 Å². The highest BCUT2D eigenvalue weighted by Gasteiger charge is 2.22. The van der Waals surface area contributed by atoms with Gasteiger partial charge in [-0.05, 0) is 31.0 Å². The molecule has 1 aromatic carbocycles. The number of esters is 1. The summed E-state index contributed by atoms with van der Waals surface area (Å²) in [7, 11) is 1.37. The number of carbonyl (C=O) groups excluding carboxylic acids is 1. The second-order valence-corrected chi connectivity index (χ2v) is 6.36. The van der Waals surface area contributed by atoms with Crippen LogP contribution in [-0.4, -0.2) is 13.1 Å². The van der Waals surface area contributed by atoms with Gasteiger partial charge in [-0.25, -0.2) is 4.79 Å². The minimum Gasteiger partial charge on any atom is -0.465 e. The monoisotopic (exact) mass is 353 g/mol. The second kappa shape index (κ2) is 5.97. The lowest BCUT2D eigenvalue weighted by Gasteiger charge is -2.06. The quantitative estimate of drug-likeness (QED) is 0.831. The van der Waals surface area contributed by atoms with E-state index in [1.807, 2.05) is 26.0 Å². The molecule has 0 aliphatic carbocycles. The van der Waals surface area contributed by atoms with E-state index in [0.717, 1.165) is 32.5 Å². The molecule has 5 heteroatoms.